The number of likely N-dealkylation sites (tertiary alicyclic amines) is 1. The number of nitrogens with one attached hydrogen (secondary N) is 1. The molecule has 9 nitrogen and oxygen atoms in total. The van der Waals surface area contributed by atoms with Crippen molar-refractivity contribution in [3.63, 3.8) is 0 Å². The zero-order chi connectivity index (χ0) is 24.6. The number of hydrogen-bond donors (Lipinski definition) is 1. The van der Waals surface area contributed by atoms with Crippen LogP contribution in [0, 0.1) is 0 Å². The summed E-state index contributed by atoms with van der Waals surface area (Å²) in [4.78, 5) is 32.2. The van der Waals surface area contributed by atoms with Crippen molar-refractivity contribution in [2.75, 3.05) is 19.6 Å². The maximum Gasteiger partial charge on any atom is 0.416 e. The Bertz CT molecular complexity index is 1040. The smallest absolute Gasteiger partial charge is 0.416 e. The van der Waals surface area contributed by atoms with Crippen LogP contribution in [0.5, 0.6) is 5.75 Å². The fourth-order valence-corrected chi connectivity index (χ4v) is 2.85. The van der Waals surface area contributed by atoms with Crippen LogP contribution in [-0.4, -0.2) is 61.8 Å². The van der Waals surface area contributed by atoms with Gasteiger partial charge in [-0.1, -0.05) is 12.2 Å². The van der Waals surface area contributed by atoms with Gasteiger partial charge < -0.3 is 15.0 Å². The van der Waals surface area contributed by atoms with Gasteiger partial charge in [-0.25, -0.2) is 19.6 Å². The van der Waals surface area contributed by atoms with Gasteiger partial charge in [0.15, 0.2) is 0 Å². The van der Waals surface area contributed by atoms with E-state index < -0.39 is 11.7 Å². The highest BCUT2D eigenvalue weighted by Gasteiger charge is 2.33. The molecule has 4 rings (SSSR count). The van der Waals surface area contributed by atoms with Crippen LogP contribution in [0.15, 0.2) is 73.9 Å². The van der Waals surface area contributed by atoms with Crippen LogP contribution in [-0.2, 0) is 6.18 Å². The maximum atomic E-state index is 12.4. The molecule has 180 valence electrons. The SMILES string of the molecule is C/C=C/CNC(=O)N1CC(Oc2ccc(C(F)(F)F)cc2)C1.O=C(n1ccnc1)n1ccnc1. The van der Waals surface area contributed by atoms with Gasteiger partial charge in [0, 0.05) is 31.3 Å². The summed E-state index contributed by atoms with van der Waals surface area (Å²) in [5.41, 5.74) is -0.710. The highest BCUT2D eigenvalue weighted by molar-refractivity contribution is 5.78. The van der Waals surface area contributed by atoms with Crippen molar-refractivity contribution in [3.8, 4) is 5.75 Å². The molecule has 0 aliphatic carbocycles. The molecule has 3 aromatic rings. The van der Waals surface area contributed by atoms with E-state index in [0.29, 0.717) is 25.4 Å². The third-order valence-electron chi connectivity index (χ3n) is 4.68. The molecule has 0 bridgehead atoms. The van der Waals surface area contributed by atoms with Crippen LogP contribution in [0.2, 0.25) is 0 Å². The Kier molecular flexibility index (Phi) is 8.06. The first-order valence-corrected chi connectivity index (χ1v) is 10.3. The van der Waals surface area contributed by atoms with Gasteiger partial charge in [0.1, 0.15) is 24.5 Å². The van der Waals surface area contributed by atoms with Gasteiger partial charge in [-0.15, -0.1) is 0 Å². The number of allylic oxidation sites excluding steroid dienone is 1. The molecule has 0 radical (unpaired) electrons. The molecule has 1 aliphatic rings. The van der Waals surface area contributed by atoms with E-state index in [1.807, 2.05) is 19.1 Å². The maximum absolute atomic E-state index is 12.4. The van der Waals surface area contributed by atoms with Crippen LogP contribution >= 0.6 is 0 Å². The zero-order valence-electron chi connectivity index (χ0n) is 18.2. The number of carbonyl (C=O) groups is 2. The molecule has 1 aromatic carbocycles. The summed E-state index contributed by atoms with van der Waals surface area (Å²) in [5.74, 6) is 0.368. The fourth-order valence-electron chi connectivity index (χ4n) is 2.85. The Morgan fingerprint density at radius 2 is 1.68 bits per heavy atom. The summed E-state index contributed by atoms with van der Waals surface area (Å²) < 4.78 is 45.6. The monoisotopic (exact) mass is 476 g/mol. The van der Waals surface area contributed by atoms with Crippen molar-refractivity contribution in [1.29, 1.82) is 0 Å². The summed E-state index contributed by atoms with van der Waals surface area (Å²) in [5, 5.41) is 2.71. The van der Waals surface area contributed by atoms with Gasteiger partial charge in [-0.3, -0.25) is 9.13 Å². The minimum Gasteiger partial charge on any atom is -0.487 e. The second-order valence-corrected chi connectivity index (χ2v) is 7.14. The molecule has 1 N–H and O–H groups in total. The highest BCUT2D eigenvalue weighted by Crippen LogP contribution is 2.30. The average Bonchev–Trinajstić information content (AvgIpc) is 3.50. The van der Waals surface area contributed by atoms with E-state index >= 15 is 0 Å². The number of hydrogen-bond acceptors (Lipinski definition) is 5. The topological polar surface area (TPSA) is 94.3 Å². The average molecular weight is 476 g/mol. The Hall–Kier alpha value is -4.09. The molecule has 2 aromatic heterocycles. The van der Waals surface area contributed by atoms with E-state index in [1.165, 1.54) is 33.9 Å². The normalized spacial score (nSPS) is 13.7. The summed E-state index contributed by atoms with van der Waals surface area (Å²) in [6.45, 7) is 3.17. The van der Waals surface area contributed by atoms with Crippen molar-refractivity contribution in [2.24, 2.45) is 0 Å². The molecule has 0 atom stereocenters. The molecule has 0 spiro atoms. The Morgan fingerprint density at radius 3 is 2.15 bits per heavy atom. The van der Waals surface area contributed by atoms with E-state index in [-0.39, 0.29) is 18.2 Å². The molecular weight excluding hydrogens is 453 g/mol. The van der Waals surface area contributed by atoms with E-state index in [9.17, 15) is 22.8 Å². The molecule has 12 heteroatoms. The van der Waals surface area contributed by atoms with Gasteiger partial charge in [0.2, 0.25) is 0 Å². The molecule has 0 unspecified atom stereocenters. The first kappa shape index (κ1) is 24.6. The van der Waals surface area contributed by atoms with Gasteiger partial charge in [0.05, 0.1) is 18.7 Å². The summed E-state index contributed by atoms with van der Waals surface area (Å²) in [6.07, 6.45) is 8.29. The van der Waals surface area contributed by atoms with Crippen molar-refractivity contribution in [1.82, 2.24) is 29.3 Å². The van der Waals surface area contributed by atoms with E-state index in [4.69, 9.17) is 4.74 Å². The van der Waals surface area contributed by atoms with Gasteiger partial charge in [0.25, 0.3) is 0 Å². The molecule has 3 heterocycles. The number of rotatable bonds is 4. The molecule has 34 heavy (non-hydrogen) atoms. The number of ether oxygens (including phenoxy) is 1. The second kappa shape index (κ2) is 11.2. The van der Waals surface area contributed by atoms with E-state index in [0.717, 1.165) is 12.1 Å². The number of aromatic nitrogens is 4. The van der Waals surface area contributed by atoms with Crippen LogP contribution in [0.4, 0.5) is 22.8 Å². The Balaban J connectivity index is 0.000000226. The number of halogens is 3. The fraction of sp³-hybridized carbons (Fsp3) is 0.273. The van der Waals surface area contributed by atoms with Crippen molar-refractivity contribution in [2.45, 2.75) is 19.2 Å². The highest BCUT2D eigenvalue weighted by atomic mass is 19.4. The number of amides is 2. The summed E-state index contributed by atoms with van der Waals surface area (Å²) in [6, 6.07) is 4.18. The Morgan fingerprint density at radius 1 is 1.09 bits per heavy atom. The predicted octanol–water partition coefficient (Wildman–Crippen LogP) is 3.65. The Labute approximate surface area is 193 Å². The largest absolute Gasteiger partial charge is 0.487 e. The molecule has 0 saturated carbocycles. The van der Waals surface area contributed by atoms with Crippen LogP contribution in [0.3, 0.4) is 0 Å². The lowest BCUT2D eigenvalue weighted by atomic mass is 10.1. The molecule has 1 saturated heterocycles. The van der Waals surface area contributed by atoms with Crippen LogP contribution < -0.4 is 10.1 Å². The van der Waals surface area contributed by atoms with Crippen LogP contribution in [0.1, 0.15) is 12.5 Å². The molecule has 2 amide bonds. The third-order valence-corrected chi connectivity index (χ3v) is 4.68. The minimum absolute atomic E-state index is 0.176. The standard InChI is InChI=1S/C15H17F3N2O2.C7H6N4O/c1-2-3-8-19-14(21)20-9-13(10-20)22-12-6-4-11(5-7-12)15(16,17)18;12-7(10-3-1-8-5-10)11-4-2-9-6-11/h2-7,13H,8-10H2,1H3,(H,19,21);1-6H/b3-2+;. The van der Waals surface area contributed by atoms with Gasteiger partial charge >= 0.3 is 18.2 Å². The second-order valence-electron chi connectivity index (χ2n) is 7.14. The van der Waals surface area contributed by atoms with Crippen molar-refractivity contribution < 1.29 is 27.5 Å². The minimum atomic E-state index is -4.35. The first-order chi connectivity index (χ1) is 16.3. The van der Waals surface area contributed by atoms with E-state index in [2.05, 4.69) is 15.3 Å². The number of imidazole rings is 2. The lowest BCUT2D eigenvalue weighted by molar-refractivity contribution is -0.137. The van der Waals surface area contributed by atoms with Gasteiger partial charge in [-0.2, -0.15) is 13.2 Å². The van der Waals surface area contributed by atoms with Crippen molar-refractivity contribution in [3.05, 3.63) is 79.4 Å². The number of nitrogens with zero attached hydrogens (tertiary/aromatic N) is 5. The lowest BCUT2D eigenvalue weighted by Gasteiger charge is -2.38. The van der Waals surface area contributed by atoms with Gasteiger partial charge in [-0.05, 0) is 31.2 Å². The lowest BCUT2D eigenvalue weighted by Crippen LogP contribution is -2.58. The van der Waals surface area contributed by atoms with Crippen molar-refractivity contribution >= 4 is 12.1 Å². The number of benzene rings is 1. The summed E-state index contributed by atoms with van der Waals surface area (Å²) in [7, 11) is 0. The quantitative estimate of drug-likeness (QED) is 0.580. The molecular formula is C22H23F3N6O3. The third kappa shape index (κ3) is 6.70. The van der Waals surface area contributed by atoms with Crippen LogP contribution in [0.25, 0.3) is 0 Å². The molecule has 1 fully saturated rings. The number of urea groups is 1. The zero-order valence-corrected chi connectivity index (χ0v) is 18.2. The first-order valence-electron chi connectivity index (χ1n) is 10.3. The summed E-state index contributed by atoms with van der Waals surface area (Å²) >= 11 is 0. The number of alkyl halides is 3. The van der Waals surface area contributed by atoms with E-state index in [1.54, 1.807) is 29.7 Å². The predicted molar refractivity (Wildman–Crippen MR) is 116 cm³/mol. The molecule has 1 aliphatic heterocycles. The number of carbonyl (C=O) groups excluding carboxylic acids is 2.